The highest BCUT2D eigenvalue weighted by molar-refractivity contribution is 6.30. The zero-order valence-electron chi connectivity index (χ0n) is 17.0. The van der Waals surface area contributed by atoms with Crippen LogP contribution in [0, 0.1) is 13.8 Å². The van der Waals surface area contributed by atoms with Gasteiger partial charge in [-0.15, -0.1) is 0 Å². The van der Waals surface area contributed by atoms with Crippen molar-refractivity contribution in [3.63, 3.8) is 0 Å². The molecule has 0 aliphatic carbocycles. The van der Waals surface area contributed by atoms with Crippen LogP contribution in [0.5, 0.6) is 0 Å². The van der Waals surface area contributed by atoms with Gasteiger partial charge >= 0.3 is 0 Å². The third-order valence-corrected chi connectivity index (χ3v) is 5.64. The second-order valence-electron chi connectivity index (χ2n) is 7.43. The van der Waals surface area contributed by atoms with E-state index in [9.17, 15) is 9.59 Å². The molecular weight excluding hydrogens is 400 g/mol. The van der Waals surface area contributed by atoms with Crippen molar-refractivity contribution < 1.29 is 9.59 Å². The number of para-hydroxylation sites is 2. The number of hydrogen-bond acceptors (Lipinski definition) is 3. The monoisotopic (exact) mass is 422 g/mol. The smallest absolute Gasteiger partial charge is 0.228 e. The molecule has 7 heteroatoms. The summed E-state index contributed by atoms with van der Waals surface area (Å²) in [7, 11) is 0. The maximum atomic E-state index is 12.9. The van der Waals surface area contributed by atoms with E-state index in [4.69, 9.17) is 11.6 Å². The van der Waals surface area contributed by atoms with Gasteiger partial charge < -0.3 is 10.2 Å². The molecule has 1 saturated heterocycles. The Balaban J connectivity index is 1.54. The van der Waals surface area contributed by atoms with Gasteiger partial charge in [0.2, 0.25) is 11.8 Å². The molecule has 1 aliphatic heterocycles. The maximum absolute atomic E-state index is 12.9. The summed E-state index contributed by atoms with van der Waals surface area (Å²) in [6, 6.07) is 14.9. The normalized spacial score (nSPS) is 13.7. The topological polar surface area (TPSA) is 67.2 Å². The molecule has 154 valence electrons. The minimum Gasteiger partial charge on any atom is -0.324 e. The minimum absolute atomic E-state index is 0.0904. The number of carbonyl (C=O) groups excluding carboxylic acids is 2. The van der Waals surface area contributed by atoms with E-state index in [1.165, 1.54) is 0 Å². The van der Waals surface area contributed by atoms with Gasteiger partial charge in [-0.2, -0.15) is 5.10 Å². The summed E-state index contributed by atoms with van der Waals surface area (Å²) in [6.07, 6.45) is 1.58. The number of aryl methyl sites for hydroxylation is 1. The molecule has 4 rings (SSSR count). The molecule has 0 bridgehead atoms. The Labute approximate surface area is 180 Å². The average Bonchev–Trinajstić information content (AvgIpc) is 3.27. The minimum atomic E-state index is -0.143. The lowest BCUT2D eigenvalue weighted by Gasteiger charge is -2.20. The van der Waals surface area contributed by atoms with E-state index in [1.54, 1.807) is 4.90 Å². The fourth-order valence-electron chi connectivity index (χ4n) is 3.84. The molecule has 1 fully saturated rings. The Morgan fingerprint density at radius 2 is 1.87 bits per heavy atom. The van der Waals surface area contributed by atoms with Crippen LogP contribution in [-0.4, -0.2) is 28.1 Å². The van der Waals surface area contributed by atoms with Crippen LogP contribution in [0.1, 0.15) is 29.8 Å². The summed E-state index contributed by atoms with van der Waals surface area (Å²) in [5, 5.41) is 8.24. The third kappa shape index (κ3) is 3.96. The summed E-state index contributed by atoms with van der Waals surface area (Å²) in [5.41, 5.74) is 4.90. The molecule has 3 aromatic rings. The van der Waals surface area contributed by atoms with Crippen LogP contribution < -0.4 is 10.2 Å². The highest BCUT2D eigenvalue weighted by atomic mass is 35.5. The van der Waals surface area contributed by atoms with Gasteiger partial charge in [0.1, 0.15) is 0 Å². The number of anilines is 2. The Bertz CT molecular complexity index is 1100. The van der Waals surface area contributed by atoms with E-state index in [-0.39, 0.29) is 18.2 Å². The van der Waals surface area contributed by atoms with Crippen LogP contribution in [0.15, 0.2) is 48.5 Å². The number of benzene rings is 2. The van der Waals surface area contributed by atoms with Crippen molar-refractivity contribution in [2.45, 2.75) is 33.1 Å². The molecule has 6 nitrogen and oxygen atoms in total. The lowest BCUT2D eigenvalue weighted by Crippen LogP contribution is -2.26. The van der Waals surface area contributed by atoms with Crippen LogP contribution in [0.3, 0.4) is 0 Å². The van der Waals surface area contributed by atoms with Crippen LogP contribution in [0.4, 0.5) is 11.4 Å². The SMILES string of the molecule is Cc1nn(-c2ccc(Cl)cc2)c(C)c1CC(=O)Nc1ccccc1N1CCCC1=O. The first-order valence-corrected chi connectivity index (χ1v) is 10.3. The molecule has 0 atom stereocenters. The molecular formula is C23H23ClN4O2. The first kappa shape index (κ1) is 20.2. The summed E-state index contributed by atoms with van der Waals surface area (Å²) < 4.78 is 1.82. The first-order chi connectivity index (χ1) is 14.4. The number of nitrogens with zero attached hydrogens (tertiary/aromatic N) is 3. The van der Waals surface area contributed by atoms with Crippen molar-refractivity contribution in [3.05, 3.63) is 70.5 Å². The van der Waals surface area contributed by atoms with Crippen LogP contribution >= 0.6 is 11.6 Å². The van der Waals surface area contributed by atoms with E-state index in [0.29, 0.717) is 23.7 Å². The van der Waals surface area contributed by atoms with Crippen LogP contribution in [-0.2, 0) is 16.0 Å². The quantitative estimate of drug-likeness (QED) is 0.660. The van der Waals surface area contributed by atoms with Crippen molar-refractivity contribution in [2.24, 2.45) is 0 Å². The molecule has 1 aliphatic rings. The largest absolute Gasteiger partial charge is 0.324 e. The number of amides is 2. The second kappa shape index (κ2) is 8.32. The molecule has 0 spiro atoms. The number of halogens is 1. The van der Waals surface area contributed by atoms with E-state index >= 15 is 0 Å². The van der Waals surface area contributed by atoms with Crippen molar-refractivity contribution in [2.75, 3.05) is 16.8 Å². The van der Waals surface area contributed by atoms with Crippen molar-refractivity contribution in [1.82, 2.24) is 9.78 Å². The van der Waals surface area contributed by atoms with Gasteiger partial charge in [0, 0.05) is 29.2 Å². The molecule has 1 N–H and O–H groups in total. The average molecular weight is 423 g/mol. The molecule has 0 radical (unpaired) electrons. The van der Waals surface area contributed by atoms with Crippen molar-refractivity contribution >= 4 is 34.8 Å². The highest BCUT2D eigenvalue weighted by Crippen LogP contribution is 2.29. The lowest BCUT2D eigenvalue weighted by atomic mass is 10.1. The molecule has 0 saturated carbocycles. The zero-order valence-corrected chi connectivity index (χ0v) is 17.7. The highest BCUT2D eigenvalue weighted by Gasteiger charge is 2.24. The molecule has 1 aromatic heterocycles. The predicted octanol–water partition coefficient (Wildman–Crippen LogP) is 4.45. The maximum Gasteiger partial charge on any atom is 0.228 e. The molecule has 2 heterocycles. The van der Waals surface area contributed by atoms with Gasteiger partial charge in [-0.25, -0.2) is 4.68 Å². The Hall–Kier alpha value is -3.12. The van der Waals surface area contributed by atoms with Crippen molar-refractivity contribution in [1.29, 1.82) is 0 Å². The fraction of sp³-hybridized carbons (Fsp3) is 0.261. The summed E-state index contributed by atoms with van der Waals surface area (Å²) in [6.45, 7) is 4.53. The Morgan fingerprint density at radius 1 is 1.13 bits per heavy atom. The first-order valence-electron chi connectivity index (χ1n) is 9.94. The third-order valence-electron chi connectivity index (χ3n) is 5.39. The molecule has 2 amide bonds. The zero-order chi connectivity index (χ0) is 21.3. The second-order valence-corrected chi connectivity index (χ2v) is 7.87. The van der Waals surface area contributed by atoms with Crippen molar-refractivity contribution in [3.8, 4) is 5.69 Å². The number of carbonyl (C=O) groups is 2. The Morgan fingerprint density at radius 3 is 2.57 bits per heavy atom. The van der Waals surface area contributed by atoms with Gasteiger partial charge in [-0.1, -0.05) is 23.7 Å². The Kier molecular flexibility index (Phi) is 5.59. The number of rotatable bonds is 5. The fourth-order valence-corrected chi connectivity index (χ4v) is 3.96. The standard InChI is InChI=1S/C23H23ClN4O2/c1-15-19(16(2)28(26-15)18-11-9-17(24)10-12-18)14-22(29)25-20-6-3-4-7-21(20)27-13-5-8-23(27)30/h3-4,6-7,9-12H,5,8,13-14H2,1-2H3,(H,25,29). The van der Waals surface area contributed by atoms with Gasteiger partial charge in [-0.05, 0) is 56.7 Å². The number of aromatic nitrogens is 2. The molecule has 0 unspecified atom stereocenters. The van der Waals surface area contributed by atoms with Gasteiger partial charge in [0.05, 0.1) is 29.2 Å². The predicted molar refractivity (Wildman–Crippen MR) is 118 cm³/mol. The summed E-state index contributed by atoms with van der Waals surface area (Å²) in [5.74, 6) is -0.0522. The lowest BCUT2D eigenvalue weighted by molar-refractivity contribution is -0.117. The van der Waals surface area contributed by atoms with Crippen LogP contribution in [0.25, 0.3) is 5.69 Å². The van der Waals surface area contributed by atoms with E-state index < -0.39 is 0 Å². The van der Waals surface area contributed by atoms with E-state index in [1.807, 2.05) is 67.1 Å². The van der Waals surface area contributed by atoms with Gasteiger partial charge in [-0.3, -0.25) is 9.59 Å². The van der Waals surface area contributed by atoms with E-state index in [2.05, 4.69) is 10.4 Å². The molecule has 2 aromatic carbocycles. The van der Waals surface area contributed by atoms with E-state index in [0.717, 1.165) is 34.7 Å². The summed E-state index contributed by atoms with van der Waals surface area (Å²) >= 11 is 5.98. The molecule has 30 heavy (non-hydrogen) atoms. The number of hydrogen-bond donors (Lipinski definition) is 1. The number of nitrogens with one attached hydrogen (secondary N) is 1. The van der Waals surface area contributed by atoms with Crippen LogP contribution in [0.2, 0.25) is 5.02 Å². The summed E-state index contributed by atoms with van der Waals surface area (Å²) in [4.78, 5) is 26.7. The van der Waals surface area contributed by atoms with Gasteiger partial charge in [0.25, 0.3) is 0 Å². The van der Waals surface area contributed by atoms with Gasteiger partial charge in [0.15, 0.2) is 0 Å².